The molecule has 1 rings (SSSR count). The van der Waals surface area contributed by atoms with Gasteiger partial charge in [-0.15, -0.1) is 0 Å². The molecule has 1 heterocycles. The standard InChI is InChI=1S/C8H10F3IN2/c1-8(2,3)14-7(12)4(9)5(13-14)6(10)11/h6H,1-3H3. The Morgan fingerprint density at radius 1 is 1.36 bits per heavy atom. The first kappa shape index (κ1) is 11.8. The highest BCUT2D eigenvalue weighted by atomic mass is 127. The average molecular weight is 318 g/mol. The highest BCUT2D eigenvalue weighted by Gasteiger charge is 2.27. The van der Waals surface area contributed by atoms with E-state index in [2.05, 4.69) is 5.10 Å². The van der Waals surface area contributed by atoms with Gasteiger partial charge in [0.15, 0.2) is 11.5 Å². The summed E-state index contributed by atoms with van der Waals surface area (Å²) in [5.41, 5.74) is -1.27. The van der Waals surface area contributed by atoms with Gasteiger partial charge in [0.2, 0.25) is 0 Å². The molecule has 0 saturated carbocycles. The Morgan fingerprint density at radius 3 is 2.07 bits per heavy atom. The second kappa shape index (κ2) is 3.71. The molecule has 0 bridgehead atoms. The molecule has 2 nitrogen and oxygen atoms in total. The van der Waals surface area contributed by atoms with E-state index >= 15 is 0 Å². The van der Waals surface area contributed by atoms with Crippen LogP contribution in [0.1, 0.15) is 32.9 Å². The zero-order valence-electron chi connectivity index (χ0n) is 7.98. The second-order valence-electron chi connectivity index (χ2n) is 3.87. The predicted octanol–water partition coefficient (Wildman–Crippen LogP) is 3.32. The normalized spacial score (nSPS) is 12.6. The van der Waals surface area contributed by atoms with Gasteiger partial charge in [0.1, 0.15) is 3.70 Å². The van der Waals surface area contributed by atoms with Crippen LogP contribution in [0.3, 0.4) is 0 Å². The fourth-order valence-electron chi connectivity index (χ4n) is 0.978. The molecule has 0 radical (unpaired) electrons. The Morgan fingerprint density at radius 2 is 1.86 bits per heavy atom. The molecule has 1 aromatic rings. The summed E-state index contributed by atoms with van der Waals surface area (Å²) in [6.45, 7) is 5.32. The van der Waals surface area contributed by atoms with E-state index in [0.717, 1.165) is 0 Å². The molecule has 6 heteroatoms. The lowest BCUT2D eigenvalue weighted by Gasteiger charge is -2.20. The summed E-state index contributed by atoms with van der Waals surface area (Å²) in [7, 11) is 0. The summed E-state index contributed by atoms with van der Waals surface area (Å²) in [4.78, 5) is 0. The molecule has 0 N–H and O–H groups in total. The number of halogens is 4. The molecule has 0 unspecified atom stereocenters. The van der Waals surface area contributed by atoms with Crippen molar-refractivity contribution in [3.05, 3.63) is 15.2 Å². The van der Waals surface area contributed by atoms with Gasteiger partial charge in [-0.25, -0.2) is 13.2 Å². The largest absolute Gasteiger partial charge is 0.285 e. The third kappa shape index (κ3) is 2.04. The summed E-state index contributed by atoms with van der Waals surface area (Å²) >= 11 is 1.68. The minimum atomic E-state index is -2.87. The van der Waals surface area contributed by atoms with Crippen molar-refractivity contribution in [2.24, 2.45) is 0 Å². The van der Waals surface area contributed by atoms with Crippen LogP contribution in [-0.4, -0.2) is 9.78 Å². The fraction of sp³-hybridized carbons (Fsp3) is 0.625. The number of aromatic nitrogens is 2. The summed E-state index contributed by atoms with van der Waals surface area (Å²) in [5, 5.41) is 3.56. The third-order valence-corrected chi connectivity index (χ3v) is 2.57. The fourth-order valence-corrected chi connectivity index (χ4v) is 2.09. The van der Waals surface area contributed by atoms with E-state index in [9.17, 15) is 13.2 Å². The van der Waals surface area contributed by atoms with Gasteiger partial charge in [-0.1, -0.05) is 0 Å². The molecule has 0 saturated heterocycles. The number of hydrogen-bond donors (Lipinski definition) is 0. The Bertz CT molecular complexity index is 341. The summed E-state index contributed by atoms with van der Waals surface area (Å²) in [5.74, 6) is -0.921. The second-order valence-corrected chi connectivity index (χ2v) is 4.90. The average Bonchev–Trinajstić information content (AvgIpc) is 2.28. The van der Waals surface area contributed by atoms with Crippen molar-refractivity contribution in [1.82, 2.24) is 9.78 Å². The van der Waals surface area contributed by atoms with Crippen LogP contribution in [0, 0.1) is 9.52 Å². The maximum Gasteiger partial charge on any atom is 0.285 e. The van der Waals surface area contributed by atoms with Gasteiger partial charge < -0.3 is 0 Å². The van der Waals surface area contributed by atoms with Gasteiger partial charge in [-0.2, -0.15) is 5.10 Å². The smallest absolute Gasteiger partial charge is 0.251 e. The molecule has 0 spiro atoms. The summed E-state index contributed by atoms with van der Waals surface area (Å²) in [6, 6.07) is 0. The lowest BCUT2D eigenvalue weighted by Crippen LogP contribution is -2.24. The lowest BCUT2D eigenvalue weighted by atomic mass is 10.1. The number of alkyl halides is 2. The molecular weight excluding hydrogens is 308 g/mol. The molecule has 1 aromatic heterocycles. The van der Waals surface area contributed by atoms with Crippen molar-refractivity contribution < 1.29 is 13.2 Å². The maximum absolute atomic E-state index is 13.2. The number of hydrogen-bond acceptors (Lipinski definition) is 1. The topological polar surface area (TPSA) is 17.8 Å². The van der Waals surface area contributed by atoms with Gasteiger partial charge in [0.05, 0.1) is 5.54 Å². The SMILES string of the molecule is CC(C)(C)n1nc(C(F)F)c(F)c1I. The molecule has 0 aromatic carbocycles. The van der Waals surface area contributed by atoms with Gasteiger partial charge in [-0.05, 0) is 43.4 Å². The zero-order chi connectivity index (χ0) is 11.1. The van der Waals surface area contributed by atoms with E-state index in [1.165, 1.54) is 4.68 Å². The maximum atomic E-state index is 13.2. The van der Waals surface area contributed by atoms with Crippen molar-refractivity contribution in [1.29, 1.82) is 0 Å². The van der Waals surface area contributed by atoms with Crippen LogP contribution < -0.4 is 0 Å². The molecule has 0 fully saturated rings. The Labute approximate surface area is 93.6 Å². The molecule has 0 aliphatic rings. The van der Waals surface area contributed by atoms with E-state index in [4.69, 9.17) is 0 Å². The van der Waals surface area contributed by atoms with Gasteiger partial charge in [-0.3, -0.25) is 4.68 Å². The van der Waals surface area contributed by atoms with E-state index in [0.29, 0.717) is 0 Å². The first-order valence-corrected chi connectivity index (χ1v) is 5.05. The highest BCUT2D eigenvalue weighted by molar-refractivity contribution is 14.1. The van der Waals surface area contributed by atoms with Crippen LogP contribution in [0.2, 0.25) is 0 Å². The highest BCUT2D eigenvalue weighted by Crippen LogP contribution is 2.27. The minimum Gasteiger partial charge on any atom is -0.251 e. The zero-order valence-corrected chi connectivity index (χ0v) is 10.1. The van der Waals surface area contributed by atoms with Crippen LogP contribution >= 0.6 is 22.6 Å². The van der Waals surface area contributed by atoms with Crippen LogP contribution in [0.15, 0.2) is 0 Å². The molecule has 0 amide bonds. The van der Waals surface area contributed by atoms with E-state index in [1.54, 1.807) is 43.4 Å². The molecule has 0 aliphatic heterocycles. The molecule has 0 aliphatic carbocycles. The summed E-state index contributed by atoms with van der Waals surface area (Å²) in [6.07, 6.45) is -2.87. The van der Waals surface area contributed by atoms with Crippen molar-refractivity contribution in [2.45, 2.75) is 32.7 Å². The minimum absolute atomic E-state index is 0.116. The van der Waals surface area contributed by atoms with Gasteiger partial charge in [0.25, 0.3) is 6.43 Å². The van der Waals surface area contributed by atoms with Crippen LogP contribution in [-0.2, 0) is 5.54 Å². The van der Waals surface area contributed by atoms with E-state index in [1.807, 2.05) is 0 Å². The number of rotatable bonds is 1. The van der Waals surface area contributed by atoms with Crippen molar-refractivity contribution >= 4 is 22.6 Å². The van der Waals surface area contributed by atoms with Crippen molar-refractivity contribution in [2.75, 3.05) is 0 Å². The Hall–Kier alpha value is -0.270. The first-order chi connectivity index (χ1) is 6.25. The molecule has 80 valence electrons. The number of nitrogens with zero attached hydrogens (tertiary/aromatic N) is 2. The van der Waals surface area contributed by atoms with E-state index < -0.39 is 23.5 Å². The Balaban J connectivity index is 3.29. The quantitative estimate of drug-likeness (QED) is 0.727. The third-order valence-electron chi connectivity index (χ3n) is 1.64. The van der Waals surface area contributed by atoms with Gasteiger partial charge >= 0.3 is 0 Å². The van der Waals surface area contributed by atoms with Crippen LogP contribution in [0.25, 0.3) is 0 Å². The first-order valence-electron chi connectivity index (χ1n) is 3.97. The molecule has 0 atom stereocenters. The lowest BCUT2D eigenvalue weighted by molar-refractivity contribution is 0.139. The monoisotopic (exact) mass is 318 g/mol. The Kier molecular flexibility index (Phi) is 3.13. The van der Waals surface area contributed by atoms with Crippen LogP contribution in [0.4, 0.5) is 13.2 Å². The van der Waals surface area contributed by atoms with E-state index in [-0.39, 0.29) is 3.70 Å². The predicted molar refractivity (Wildman–Crippen MR) is 54.9 cm³/mol. The van der Waals surface area contributed by atoms with Gasteiger partial charge in [0, 0.05) is 0 Å². The van der Waals surface area contributed by atoms with Crippen molar-refractivity contribution in [3.63, 3.8) is 0 Å². The molecule has 14 heavy (non-hydrogen) atoms. The van der Waals surface area contributed by atoms with Crippen LogP contribution in [0.5, 0.6) is 0 Å². The molecular formula is C8H10F3IN2. The van der Waals surface area contributed by atoms with Crippen molar-refractivity contribution in [3.8, 4) is 0 Å². The summed E-state index contributed by atoms with van der Waals surface area (Å²) < 4.78 is 39.2.